The van der Waals surface area contributed by atoms with Crippen molar-refractivity contribution in [3.05, 3.63) is 38.7 Å². The van der Waals surface area contributed by atoms with Crippen molar-refractivity contribution < 1.29 is 22.4 Å². The van der Waals surface area contributed by atoms with E-state index in [1.807, 2.05) is 0 Å². The first-order chi connectivity index (χ1) is 14.2. The van der Waals surface area contributed by atoms with Gasteiger partial charge in [0.05, 0.1) is 4.47 Å². The third-order valence-electron chi connectivity index (χ3n) is 5.29. The Morgan fingerprint density at radius 3 is 2.53 bits per heavy atom. The van der Waals surface area contributed by atoms with Crippen molar-refractivity contribution in [2.24, 2.45) is 0 Å². The molecule has 3 aromatic heterocycles. The third kappa shape index (κ3) is 3.89. The minimum atomic E-state index is -4.71. The van der Waals surface area contributed by atoms with Crippen molar-refractivity contribution in [3.8, 4) is 11.5 Å². The van der Waals surface area contributed by atoms with Gasteiger partial charge in [0.15, 0.2) is 27.5 Å². The molecule has 6 nitrogen and oxygen atoms in total. The lowest BCUT2D eigenvalue weighted by Gasteiger charge is -2.30. The summed E-state index contributed by atoms with van der Waals surface area (Å²) in [6.07, 6.45) is 0.211. The molecule has 0 atom stereocenters. The van der Waals surface area contributed by atoms with E-state index < -0.39 is 17.8 Å². The van der Waals surface area contributed by atoms with Gasteiger partial charge in [0.2, 0.25) is 0 Å². The molecule has 0 bridgehead atoms. The number of furan rings is 1. The summed E-state index contributed by atoms with van der Waals surface area (Å²) in [5, 5.41) is 3.99. The van der Waals surface area contributed by atoms with Crippen molar-refractivity contribution in [1.82, 2.24) is 19.5 Å². The van der Waals surface area contributed by atoms with Crippen LogP contribution < -0.4 is 0 Å². The molecule has 4 rings (SSSR count). The van der Waals surface area contributed by atoms with Gasteiger partial charge in [0.1, 0.15) is 5.69 Å². The average molecular weight is 550 g/mol. The van der Waals surface area contributed by atoms with Crippen LogP contribution >= 0.6 is 31.9 Å². The highest BCUT2D eigenvalue weighted by molar-refractivity contribution is 9.10. The van der Waals surface area contributed by atoms with Crippen LogP contribution in [0.1, 0.15) is 48.3 Å². The van der Waals surface area contributed by atoms with Gasteiger partial charge in [-0.3, -0.25) is 4.79 Å². The van der Waals surface area contributed by atoms with E-state index in [1.54, 1.807) is 18.0 Å². The topological polar surface area (TPSA) is 63.6 Å². The Balaban J connectivity index is 1.83. The number of rotatable bonds is 3. The highest BCUT2D eigenvalue weighted by atomic mass is 79.9. The second kappa shape index (κ2) is 7.99. The van der Waals surface area contributed by atoms with Gasteiger partial charge < -0.3 is 9.32 Å². The highest BCUT2D eigenvalue weighted by Crippen LogP contribution is 2.36. The van der Waals surface area contributed by atoms with Crippen LogP contribution in [0.3, 0.4) is 0 Å². The smallest absolute Gasteiger partial charge is 0.433 e. The Labute approximate surface area is 186 Å². The van der Waals surface area contributed by atoms with Crippen LogP contribution in [-0.2, 0) is 6.18 Å². The maximum atomic E-state index is 13.8. The number of halogens is 5. The van der Waals surface area contributed by atoms with E-state index in [0.717, 1.165) is 38.2 Å². The van der Waals surface area contributed by atoms with Crippen molar-refractivity contribution in [3.63, 3.8) is 0 Å². The lowest BCUT2D eigenvalue weighted by atomic mass is 9.94. The van der Waals surface area contributed by atoms with Crippen LogP contribution in [-0.4, -0.2) is 38.5 Å². The van der Waals surface area contributed by atoms with Gasteiger partial charge >= 0.3 is 6.18 Å². The summed E-state index contributed by atoms with van der Waals surface area (Å²) < 4.78 is 47.8. The Morgan fingerprint density at radius 2 is 1.93 bits per heavy atom. The second-order valence-corrected chi connectivity index (χ2v) is 8.81. The SMILES string of the molecule is CN(C(=O)c1nn2c(C(F)(F)F)cc(-c3ccc(Br)o3)nc2c1Br)C1CCCCC1. The predicted molar refractivity (Wildman–Crippen MR) is 110 cm³/mol. The van der Waals surface area contributed by atoms with Gasteiger partial charge in [-0.2, -0.15) is 18.3 Å². The van der Waals surface area contributed by atoms with E-state index >= 15 is 0 Å². The molecular weight excluding hydrogens is 533 g/mol. The van der Waals surface area contributed by atoms with Crippen LogP contribution in [0, 0.1) is 0 Å². The van der Waals surface area contributed by atoms with Crippen LogP contribution in [0.2, 0.25) is 0 Å². The number of amides is 1. The quantitative estimate of drug-likeness (QED) is 0.406. The molecule has 1 saturated carbocycles. The van der Waals surface area contributed by atoms with E-state index in [9.17, 15) is 18.0 Å². The molecular formula is C19H17Br2F3N4O2. The summed E-state index contributed by atoms with van der Waals surface area (Å²) in [5.41, 5.74) is -1.26. The van der Waals surface area contributed by atoms with Crippen molar-refractivity contribution in [2.45, 2.75) is 44.3 Å². The number of nitrogens with zero attached hydrogens (tertiary/aromatic N) is 4. The fourth-order valence-electron chi connectivity index (χ4n) is 3.71. The maximum absolute atomic E-state index is 13.8. The molecule has 0 radical (unpaired) electrons. The summed E-state index contributed by atoms with van der Waals surface area (Å²) in [7, 11) is 1.67. The van der Waals surface area contributed by atoms with Crippen molar-refractivity contribution in [2.75, 3.05) is 7.05 Å². The molecule has 1 aliphatic rings. The number of aromatic nitrogens is 3. The van der Waals surface area contributed by atoms with E-state index in [2.05, 4.69) is 41.9 Å². The molecule has 0 aromatic carbocycles. The van der Waals surface area contributed by atoms with E-state index in [4.69, 9.17) is 4.42 Å². The predicted octanol–water partition coefficient (Wildman–Crippen LogP) is 5.94. The number of hydrogen-bond donors (Lipinski definition) is 0. The third-order valence-corrected chi connectivity index (χ3v) is 6.45. The van der Waals surface area contributed by atoms with E-state index in [0.29, 0.717) is 9.18 Å². The van der Waals surface area contributed by atoms with Gasteiger partial charge in [-0.25, -0.2) is 9.50 Å². The van der Waals surface area contributed by atoms with Gasteiger partial charge in [-0.1, -0.05) is 19.3 Å². The number of carbonyl (C=O) groups excluding carboxylic acids is 1. The number of alkyl halides is 3. The van der Waals surface area contributed by atoms with Crippen LogP contribution in [0.25, 0.3) is 17.1 Å². The number of hydrogen-bond acceptors (Lipinski definition) is 4. The minimum Gasteiger partial charge on any atom is -0.448 e. The Morgan fingerprint density at radius 1 is 1.23 bits per heavy atom. The van der Waals surface area contributed by atoms with Gasteiger partial charge in [0, 0.05) is 13.1 Å². The van der Waals surface area contributed by atoms with Crippen LogP contribution in [0.5, 0.6) is 0 Å². The zero-order valence-corrected chi connectivity index (χ0v) is 19.0. The Hall–Kier alpha value is -1.88. The summed E-state index contributed by atoms with van der Waals surface area (Å²) in [5.74, 6) is -0.273. The Kier molecular flexibility index (Phi) is 5.69. The molecule has 0 saturated heterocycles. The van der Waals surface area contributed by atoms with Crippen molar-refractivity contribution in [1.29, 1.82) is 0 Å². The number of fused-ring (bicyclic) bond motifs is 1. The molecule has 1 aliphatic carbocycles. The summed E-state index contributed by atoms with van der Waals surface area (Å²) in [4.78, 5) is 18.9. The lowest BCUT2D eigenvalue weighted by molar-refractivity contribution is -0.142. The fourth-order valence-corrected chi connectivity index (χ4v) is 4.52. The molecule has 30 heavy (non-hydrogen) atoms. The van der Waals surface area contributed by atoms with Gasteiger partial charge in [0.25, 0.3) is 5.91 Å². The summed E-state index contributed by atoms with van der Waals surface area (Å²) in [6, 6.07) is 3.98. The van der Waals surface area contributed by atoms with Gasteiger partial charge in [-0.05, 0) is 62.9 Å². The number of carbonyl (C=O) groups is 1. The largest absolute Gasteiger partial charge is 0.448 e. The maximum Gasteiger partial charge on any atom is 0.433 e. The Bertz CT molecular complexity index is 1100. The first-order valence-corrected chi connectivity index (χ1v) is 10.9. The monoisotopic (exact) mass is 548 g/mol. The van der Waals surface area contributed by atoms with Crippen molar-refractivity contribution >= 4 is 43.4 Å². The normalized spacial score (nSPS) is 15.7. The first kappa shape index (κ1) is 21.4. The molecule has 1 amide bonds. The van der Waals surface area contributed by atoms with Crippen LogP contribution in [0.15, 0.2) is 31.8 Å². The zero-order valence-electron chi connectivity index (χ0n) is 15.8. The van der Waals surface area contributed by atoms with Crippen LogP contribution in [0.4, 0.5) is 13.2 Å². The standard InChI is InChI=1S/C19H17Br2F3N4O2/c1-27(10-5-3-2-4-6-10)18(29)16-15(21)17-25-11(12-7-8-14(20)30-12)9-13(19(22,23)24)28(17)26-16/h7-10H,2-6H2,1H3. The van der Waals surface area contributed by atoms with E-state index in [1.165, 1.54) is 6.07 Å². The molecule has 0 spiro atoms. The highest BCUT2D eigenvalue weighted by Gasteiger charge is 2.37. The molecule has 3 aromatic rings. The molecule has 11 heteroatoms. The first-order valence-electron chi connectivity index (χ1n) is 9.36. The molecule has 3 heterocycles. The van der Waals surface area contributed by atoms with Gasteiger partial charge in [-0.15, -0.1) is 0 Å². The van der Waals surface area contributed by atoms with E-state index in [-0.39, 0.29) is 33.3 Å². The summed E-state index contributed by atoms with van der Waals surface area (Å²) in [6.45, 7) is 0. The second-order valence-electron chi connectivity index (χ2n) is 7.23. The lowest BCUT2D eigenvalue weighted by Crippen LogP contribution is -2.38. The molecule has 0 aliphatic heterocycles. The molecule has 0 N–H and O–H groups in total. The fraction of sp³-hybridized carbons (Fsp3) is 0.421. The summed E-state index contributed by atoms with van der Waals surface area (Å²) >= 11 is 6.39. The molecule has 0 unspecified atom stereocenters. The minimum absolute atomic E-state index is 0.0132. The average Bonchev–Trinajstić information content (AvgIpc) is 3.29. The molecule has 160 valence electrons. The zero-order chi connectivity index (χ0) is 21.6. The molecule has 1 fully saturated rings.